The molecule has 1 N–H and O–H groups in total. The minimum Gasteiger partial charge on any atom is -0.352 e. The standard InChI is InChI=1S/C15H19ClN4O/c1-9-7-12-14(17-8-9)20(13(19-12)5-6-16)10(2)15(21)18-11-3-4-11/h7-8,10-11H,3-6H2,1-2H3,(H,18,21). The number of carbonyl (C=O) groups excluding carboxylic acids is 1. The van der Waals surface area contributed by atoms with Gasteiger partial charge in [0.15, 0.2) is 5.65 Å². The molecule has 0 bridgehead atoms. The molecule has 1 unspecified atom stereocenters. The monoisotopic (exact) mass is 306 g/mol. The van der Waals surface area contributed by atoms with Crippen LogP contribution in [0.25, 0.3) is 11.2 Å². The summed E-state index contributed by atoms with van der Waals surface area (Å²) in [6.07, 6.45) is 4.58. The highest BCUT2D eigenvalue weighted by atomic mass is 35.5. The lowest BCUT2D eigenvalue weighted by Gasteiger charge is -2.16. The number of halogens is 1. The lowest BCUT2D eigenvalue weighted by molar-refractivity contribution is -0.124. The molecule has 1 fully saturated rings. The molecule has 0 radical (unpaired) electrons. The van der Waals surface area contributed by atoms with Gasteiger partial charge in [0.25, 0.3) is 0 Å². The van der Waals surface area contributed by atoms with Crippen LogP contribution in [-0.4, -0.2) is 32.4 Å². The van der Waals surface area contributed by atoms with Crippen molar-refractivity contribution in [3.63, 3.8) is 0 Å². The Morgan fingerprint density at radius 3 is 3.00 bits per heavy atom. The van der Waals surface area contributed by atoms with E-state index in [1.54, 1.807) is 6.20 Å². The van der Waals surface area contributed by atoms with Crippen LogP contribution in [0.1, 0.15) is 37.2 Å². The minimum atomic E-state index is -0.330. The molecule has 2 aromatic rings. The number of carbonyl (C=O) groups is 1. The normalized spacial score (nSPS) is 16.1. The molecule has 6 heteroatoms. The first-order valence-corrected chi connectivity index (χ1v) is 7.83. The maximum atomic E-state index is 12.3. The van der Waals surface area contributed by atoms with Gasteiger partial charge in [-0.2, -0.15) is 0 Å². The Bertz CT molecular complexity index is 678. The number of nitrogens with zero attached hydrogens (tertiary/aromatic N) is 3. The van der Waals surface area contributed by atoms with E-state index in [1.165, 1.54) is 0 Å². The summed E-state index contributed by atoms with van der Waals surface area (Å²) in [5, 5.41) is 3.04. The van der Waals surface area contributed by atoms with Crippen molar-refractivity contribution in [2.75, 3.05) is 5.88 Å². The van der Waals surface area contributed by atoms with Crippen LogP contribution >= 0.6 is 11.6 Å². The van der Waals surface area contributed by atoms with Crippen molar-refractivity contribution < 1.29 is 4.79 Å². The number of hydrogen-bond acceptors (Lipinski definition) is 3. The summed E-state index contributed by atoms with van der Waals surface area (Å²) in [5.74, 6) is 1.31. The predicted octanol–water partition coefficient (Wildman–Crippen LogP) is 2.36. The van der Waals surface area contributed by atoms with Crippen molar-refractivity contribution in [3.8, 4) is 0 Å². The predicted molar refractivity (Wildman–Crippen MR) is 82.6 cm³/mol. The Balaban J connectivity index is 2.00. The molecule has 1 atom stereocenters. The van der Waals surface area contributed by atoms with Crippen molar-refractivity contribution in [1.82, 2.24) is 19.9 Å². The van der Waals surface area contributed by atoms with Gasteiger partial charge in [-0.3, -0.25) is 4.79 Å². The third-order valence-corrected chi connectivity index (χ3v) is 3.94. The third kappa shape index (κ3) is 2.88. The van der Waals surface area contributed by atoms with Gasteiger partial charge in [0.05, 0.1) is 0 Å². The second-order valence-corrected chi connectivity index (χ2v) is 6.03. The fourth-order valence-electron chi connectivity index (χ4n) is 2.46. The quantitative estimate of drug-likeness (QED) is 0.863. The fraction of sp³-hybridized carbons (Fsp3) is 0.533. The first-order valence-electron chi connectivity index (χ1n) is 7.30. The van der Waals surface area contributed by atoms with Crippen molar-refractivity contribution in [3.05, 3.63) is 23.7 Å². The Kier molecular flexibility index (Phi) is 3.85. The molecule has 1 aliphatic rings. The van der Waals surface area contributed by atoms with Crippen molar-refractivity contribution >= 4 is 28.7 Å². The van der Waals surface area contributed by atoms with Crippen LogP contribution in [0.5, 0.6) is 0 Å². The Morgan fingerprint density at radius 2 is 2.33 bits per heavy atom. The van der Waals surface area contributed by atoms with Crippen LogP contribution in [0.4, 0.5) is 0 Å². The highest BCUT2D eigenvalue weighted by Gasteiger charge is 2.28. The summed E-state index contributed by atoms with van der Waals surface area (Å²) in [5.41, 5.74) is 2.63. The largest absolute Gasteiger partial charge is 0.352 e. The topological polar surface area (TPSA) is 59.8 Å². The fourth-order valence-corrected chi connectivity index (χ4v) is 2.63. The van der Waals surface area contributed by atoms with Gasteiger partial charge < -0.3 is 9.88 Å². The van der Waals surface area contributed by atoms with E-state index in [4.69, 9.17) is 11.6 Å². The number of fused-ring (bicyclic) bond motifs is 1. The molecule has 5 nitrogen and oxygen atoms in total. The van der Waals surface area contributed by atoms with Crippen LogP contribution < -0.4 is 5.32 Å². The molecule has 1 aliphatic carbocycles. The second kappa shape index (κ2) is 5.64. The number of alkyl halides is 1. The Morgan fingerprint density at radius 1 is 1.57 bits per heavy atom. The number of amides is 1. The third-order valence-electron chi connectivity index (χ3n) is 3.75. The van der Waals surface area contributed by atoms with Gasteiger partial charge in [-0.25, -0.2) is 9.97 Å². The average molecular weight is 307 g/mol. The van der Waals surface area contributed by atoms with Gasteiger partial charge in [0.2, 0.25) is 5.91 Å². The van der Waals surface area contributed by atoms with E-state index >= 15 is 0 Å². The highest BCUT2D eigenvalue weighted by Crippen LogP contribution is 2.24. The van der Waals surface area contributed by atoms with E-state index in [9.17, 15) is 4.79 Å². The molecule has 0 spiro atoms. The number of imidazole rings is 1. The molecule has 112 valence electrons. The van der Waals surface area contributed by atoms with Gasteiger partial charge in [0, 0.05) is 24.5 Å². The highest BCUT2D eigenvalue weighted by molar-refractivity contribution is 6.17. The first kappa shape index (κ1) is 14.3. The lowest BCUT2D eigenvalue weighted by Crippen LogP contribution is -2.33. The van der Waals surface area contributed by atoms with Crippen molar-refractivity contribution in [2.24, 2.45) is 0 Å². The van der Waals surface area contributed by atoms with Crippen LogP contribution in [0.2, 0.25) is 0 Å². The average Bonchev–Trinajstić information content (AvgIpc) is 3.18. The van der Waals surface area contributed by atoms with E-state index in [2.05, 4.69) is 15.3 Å². The van der Waals surface area contributed by atoms with Crippen LogP contribution in [0.15, 0.2) is 12.3 Å². The van der Waals surface area contributed by atoms with E-state index in [-0.39, 0.29) is 11.9 Å². The number of hydrogen-bond donors (Lipinski definition) is 1. The van der Waals surface area contributed by atoms with E-state index in [0.717, 1.165) is 35.4 Å². The van der Waals surface area contributed by atoms with Crippen molar-refractivity contribution in [1.29, 1.82) is 0 Å². The molecule has 0 aliphatic heterocycles. The molecule has 1 saturated carbocycles. The number of pyridine rings is 1. The number of rotatable bonds is 5. The number of nitrogens with one attached hydrogen (secondary N) is 1. The molecular weight excluding hydrogens is 288 g/mol. The van der Waals surface area contributed by atoms with Gasteiger partial charge in [-0.05, 0) is 38.3 Å². The zero-order valence-corrected chi connectivity index (χ0v) is 13.0. The number of aromatic nitrogens is 3. The molecule has 21 heavy (non-hydrogen) atoms. The van der Waals surface area contributed by atoms with E-state index in [1.807, 2.05) is 24.5 Å². The molecule has 3 rings (SSSR count). The maximum Gasteiger partial charge on any atom is 0.243 e. The Hall–Kier alpha value is -1.62. The van der Waals surface area contributed by atoms with Crippen LogP contribution in [-0.2, 0) is 11.2 Å². The molecular formula is C15H19ClN4O. The summed E-state index contributed by atoms with van der Waals surface area (Å²) >= 11 is 5.87. The second-order valence-electron chi connectivity index (χ2n) is 5.65. The Labute approximate surface area is 128 Å². The number of aryl methyl sites for hydroxylation is 2. The SMILES string of the molecule is Cc1cnc2c(c1)nc(CCCl)n2C(C)C(=O)NC1CC1. The molecule has 2 aromatic heterocycles. The summed E-state index contributed by atoms with van der Waals surface area (Å²) in [4.78, 5) is 21.4. The molecule has 0 saturated heterocycles. The summed E-state index contributed by atoms with van der Waals surface area (Å²) in [6, 6.07) is 2.01. The van der Waals surface area contributed by atoms with Gasteiger partial charge in [-0.15, -0.1) is 11.6 Å². The summed E-state index contributed by atoms with van der Waals surface area (Å²) in [7, 11) is 0. The minimum absolute atomic E-state index is 0.0231. The van der Waals surface area contributed by atoms with Gasteiger partial charge >= 0.3 is 0 Å². The summed E-state index contributed by atoms with van der Waals surface area (Å²) < 4.78 is 1.91. The zero-order chi connectivity index (χ0) is 15.0. The molecule has 0 aromatic carbocycles. The van der Waals surface area contributed by atoms with E-state index < -0.39 is 0 Å². The smallest absolute Gasteiger partial charge is 0.243 e. The molecule has 2 heterocycles. The van der Waals surface area contributed by atoms with Crippen LogP contribution in [0.3, 0.4) is 0 Å². The van der Waals surface area contributed by atoms with E-state index in [0.29, 0.717) is 18.3 Å². The maximum absolute atomic E-state index is 12.3. The zero-order valence-electron chi connectivity index (χ0n) is 12.3. The van der Waals surface area contributed by atoms with Crippen molar-refractivity contribution in [2.45, 2.75) is 45.2 Å². The van der Waals surface area contributed by atoms with Gasteiger partial charge in [0.1, 0.15) is 17.4 Å². The van der Waals surface area contributed by atoms with Crippen LogP contribution in [0, 0.1) is 6.92 Å². The summed E-state index contributed by atoms with van der Waals surface area (Å²) in [6.45, 7) is 3.87. The molecule has 1 amide bonds. The van der Waals surface area contributed by atoms with Gasteiger partial charge in [-0.1, -0.05) is 0 Å². The lowest BCUT2D eigenvalue weighted by atomic mass is 10.2. The first-order chi connectivity index (χ1) is 10.1.